The number of aromatic nitrogens is 1. The summed E-state index contributed by atoms with van der Waals surface area (Å²) in [5.41, 5.74) is 0.983. The molecule has 7 heteroatoms. The Morgan fingerprint density at radius 3 is 2.50 bits per heavy atom. The largest absolute Gasteiger partial charge is 0.359 e. The van der Waals surface area contributed by atoms with Crippen LogP contribution in [0.2, 0.25) is 0 Å². The van der Waals surface area contributed by atoms with Crippen LogP contribution in [-0.4, -0.2) is 49.2 Å². The van der Waals surface area contributed by atoms with E-state index in [1.165, 1.54) is 0 Å². The van der Waals surface area contributed by atoms with Crippen molar-refractivity contribution >= 4 is 29.9 Å². The first-order chi connectivity index (χ1) is 10.1. The third-order valence-electron chi connectivity index (χ3n) is 3.44. The van der Waals surface area contributed by atoms with Crippen molar-refractivity contribution in [2.45, 2.75) is 40.2 Å². The Hall–Kier alpha value is -0.830. The number of aliphatic imine (C=N–C) groups is 1. The highest BCUT2D eigenvalue weighted by Gasteiger charge is 2.08. The average Bonchev–Trinajstić information content (AvgIpc) is 2.96. The van der Waals surface area contributed by atoms with Crippen molar-refractivity contribution in [1.29, 1.82) is 0 Å². The molecule has 128 valence electrons. The van der Waals surface area contributed by atoms with Gasteiger partial charge in [0.2, 0.25) is 0 Å². The summed E-state index contributed by atoms with van der Waals surface area (Å²) in [5, 5.41) is 10.6. The molecule has 2 N–H and O–H groups in total. The molecule has 1 aromatic rings. The summed E-state index contributed by atoms with van der Waals surface area (Å²) in [6, 6.07) is 1.99. The van der Waals surface area contributed by atoms with E-state index in [1.807, 2.05) is 6.07 Å². The van der Waals surface area contributed by atoms with E-state index >= 15 is 0 Å². The van der Waals surface area contributed by atoms with Crippen LogP contribution in [0.1, 0.15) is 45.1 Å². The van der Waals surface area contributed by atoms with Gasteiger partial charge in [-0.25, -0.2) is 0 Å². The second-order valence-corrected chi connectivity index (χ2v) is 5.25. The molecule has 0 aliphatic carbocycles. The highest BCUT2D eigenvalue weighted by Crippen LogP contribution is 2.13. The van der Waals surface area contributed by atoms with Crippen molar-refractivity contribution < 1.29 is 4.52 Å². The topological polar surface area (TPSA) is 65.7 Å². The van der Waals surface area contributed by atoms with Gasteiger partial charge in [0.05, 0.1) is 12.2 Å². The van der Waals surface area contributed by atoms with Crippen LogP contribution >= 0.6 is 24.0 Å². The SMILES string of the molecule is CCN(CC)CCNC(=NC)NCc1cc(C(C)C)no1.I. The van der Waals surface area contributed by atoms with E-state index in [9.17, 15) is 0 Å². The second kappa shape index (κ2) is 11.7. The van der Waals surface area contributed by atoms with Crippen LogP contribution in [0.25, 0.3) is 0 Å². The average molecular weight is 423 g/mol. The Balaban J connectivity index is 0.00000441. The van der Waals surface area contributed by atoms with E-state index in [0.29, 0.717) is 12.5 Å². The predicted molar refractivity (Wildman–Crippen MR) is 102 cm³/mol. The lowest BCUT2D eigenvalue weighted by Gasteiger charge is -2.19. The zero-order chi connectivity index (χ0) is 15.7. The van der Waals surface area contributed by atoms with Gasteiger partial charge in [-0.3, -0.25) is 4.99 Å². The smallest absolute Gasteiger partial charge is 0.191 e. The van der Waals surface area contributed by atoms with E-state index in [4.69, 9.17) is 4.52 Å². The maximum atomic E-state index is 5.29. The number of likely N-dealkylation sites (N-methyl/N-ethyl adjacent to an activating group) is 1. The Bertz CT molecular complexity index is 429. The van der Waals surface area contributed by atoms with E-state index in [1.54, 1.807) is 7.05 Å². The first-order valence-corrected chi connectivity index (χ1v) is 7.73. The molecule has 0 aromatic carbocycles. The van der Waals surface area contributed by atoms with Crippen LogP contribution in [-0.2, 0) is 6.54 Å². The quantitative estimate of drug-likeness (QED) is 0.382. The fourth-order valence-corrected chi connectivity index (χ4v) is 1.95. The maximum absolute atomic E-state index is 5.29. The fourth-order valence-electron chi connectivity index (χ4n) is 1.95. The van der Waals surface area contributed by atoms with Gasteiger partial charge in [0.25, 0.3) is 0 Å². The van der Waals surface area contributed by atoms with Crippen molar-refractivity contribution in [3.8, 4) is 0 Å². The molecule has 1 rings (SSSR count). The molecular formula is C15H30IN5O. The number of halogens is 1. The van der Waals surface area contributed by atoms with Gasteiger partial charge in [0.15, 0.2) is 11.7 Å². The molecule has 0 bridgehead atoms. The normalized spacial score (nSPS) is 11.7. The third-order valence-corrected chi connectivity index (χ3v) is 3.44. The van der Waals surface area contributed by atoms with E-state index in [0.717, 1.165) is 43.6 Å². The maximum Gasteiger partial charge on any atom is 0.191 e. The molecule has 1 aromatic heterocycles. The lowest BCUT2D eigenvalue weighted by atomic mass is 10.1. The predicted octanol–water partition coefficient (Wildman–Crippen LogP) is 2.42. The van der Waals surface area contributed by atoms with Gasteiger partial charge in [-0.15, -0.1) is 24.0 Å². The molecule has 22 heavy (non-hydrogen) atoms. The summed E-state index contributed by atoms with van der Waals surface area (Å²) in [4.78, 5) is 6.57. The number of rotatable bonds is 8. The first-order valence-electron chi connectivity index (χ1n) is 7.73. The zero-order valence-corrected chi connectivity index (χ0v) is 16.7. The van der Waals surface area contributed by atoms with Gasteiger partial charge >= 0.3 is 0 Å². The fraction of sp³-hybridized carbons (Fsp3) is 0.733. The molecule has 1 heterocycles. The summed E-state index contributed by atoms with van der Waals surface area (Å²) < 4.78 is 5.29. The Labute approximate surface area is 151 Å². The number of guanidine groups is 1. The van der Waals surface area contributed by atoms with Crippen LogP contribution in [0.15, 0.2) is 15.6 Å². The van der Waals surface area contributed by atoms with Crippen LogP contribution < -0.4 is 10.6 Å². The van der Waals surface area contributed by atoms with Gasteiger partial charge in [0.1, 0.15) is 0 Å². The standard InChI is InChI=1S/C15H29N5O.HI/c1-6-20(7-2)9-8-17-15(16-5)18-11-13-10-14(12(3)4)19-21-13;/h10,12H,6-9,11H2,1-5H3,(H2,16,17,18);1H. The summed E-state index contributed by atoms with van der Waals surface area (Å²) in [6.07, 6.45) is 0. The monoisotopic (exact) mass is 423 g/mol. The van der Waals surface area contributed by atoms with Crippen molar-refractivity contribution in [1.82, 2.24) is 20.7 Å². The van der Waals surface area contributed by atoms with E-state index in [2.05, 4.69) is 53.4 Å². The molecular weight excluding hydrogens is 393 g/mol. The van der Waals surface area contributed by atoms with Gasteiger partial charge in [-0.2, -0.15) is 0 Å². The summed E-state index contributed by atoms with van der Waals surface area (Å²) in [6.45, 7) is 13.2. The lowest BCUT2D eigenvalue weighted by molar-refractivity contribution is 0.308. The Morgan fingerprint density at radius 2 is 2.00 bits per heavy atom. The van der Waals surface area contributed by atoms with Gasteiger partial charge < -0.3 is 20.1 Å². The van der Waals surface area contributed by atoms with Crippen LogP contribution in [0.5, 0.6) is 0 Å². The molecule has 0 aliphatic rings. The summed E-state index contributed by atoms with van der Waals surface area (Å²) >= 11 is 0. The molecule has 0 saturated heterocycles. The van der Waals surface area contributed by atoms with Crippen molar-refractivity contribution in [3.05, 3.63) is 17.5 Å². The Morgan fingerprint density at radius 1 is 1.32 bits per heavy atom. The van der Waals surface area contributed by atoms with Crippen molar-refractivity contribution in [2.75, 3.05) is 33.2 Å². The number of hydrogen-bond donors (Lipinski definition) is 2. The molecule has 0 atom stereocenters. The van der Waals surface area contributed by atoms with Crippen LogP contribution in [0, 0.1) is 0 Å². The minimum atomic E-state index is 0. The summed E-state index contributed by atoms with van der Waals surface area (Å²) in [7, 11) is 1.77. The van der Waals surface area contributed by atoms with E-state index < -0.39 is 0 Å². The first kappa shape index (κ1) is 21.2. The van der Waals surface area contributed by atoms with Gasteiger partial charge in [-0.1, -0.05) is 32.9 Å². The molecule has 0 spiro atoms. The summed E-state index contributed by atoms with van der Waals surface area (Å²) in [5.74, 6) is 1.99. The second-order valence-electron chi connectivity index (χ2n) is 5.25. The molecule has 0 fully saturated rings. The minimum Gasteiger partial charge on any atom is -0.359 e. The van der Waals surface area contributed by atoms with Crippen molar-refractivity contribution in [3.63, 3.8) is 0 Å². The zero-order valence-electron chi connectivity index (χ0n) is 14.3. The van der Waals surface area contributed by atoms with E-state index in [-0.39, 0.29) is 24.0 Å². The van der Waals surface area contributed by atoms with Crippen LogP contribution in [0.4, 0.5) is 0 Å². The third kappa shape index (κ3) is 7.44. The number of hydrogen-bond acceptors (Lipinski definition) is 4. The van der Waals surface area contributed by atoms with Crippen LogP contribution in [0.3, 0.4) is 0 Å². The number of nitrogens with zero attached hydrogens (tertiary/aromatic N) is 3. The Kier molecular flexibility index (Phi) is 11.3. The minimum absolute atomic E-state index is 0. The van der Waals surface area contributed by atoms with Crippen molar-refractivity contribution in [2.24, 2.45) is 4.99 Å². The highest BCUT2D eigenvalue weighted by molar-refractivity contribution is 14.0. The molecule has 6 nitrogen and oxygen atoms in total. The van der Waals surface area contributed by atoms with Gasteiger partial charge in [-0.05, 0) is 19.0 Å². The molecule has 0 radical (unpaired) electrons. The molecule has 0 amide bonds. The lowest BCUT2D eigenvalue weighted by Crippen LogP contribution is -2.41. The van der Waals surface area contributed by atoms with Gasteiger partial charge in [0, 0.05) is 26.2 Å². The molecule has 0 aliphatic heterocycles. The number of nitrogens with one attached hydrogen (secondary N) is 2. The molecule has 0 unspecified atom stereocenters. The highest BCUT2D eigenvalue weighted by atomic mass is 127. The molecule has 0 saturated carbocycles.